The summed E-state index contributed by atoms with van der Waals surface area (Å²) in [5.74, 6) is 1.81. The first-order valence-electron chi connectivity index (χ1n) is 5.94. The zero-order valence-corrected chi connectivity index (χ0v) is 10.6. The summed E-state index contributed by atoms with van der Waals surface area (Å²) in [6.07, 6.45) is 1.22. The van der Waals surface area contributed by atoms with Crippen LogP contribution in [0.4, 0.5) is 5.82 Å². The van der Waals surface area contributed by atoms with E-state index >= 15 is 0 Å². The zero-order chi connectivity index (χ0) is 11.9. The van der Waals surface area contributed by atoms with Crippen LogP contribution >= 0.6 is 0 Å². The van der Waals surface area contributed by atoms with Crippen LogP contribution in [-0.2, 0) is 13.7 Å². The molecule has 90 valence electrons. The highest BCUT2D eigenvalue weighted by Crippen LogP contribution is 2.32. The van der Waals surface area contributed by atoms with Crippen molar-refractivity contribution in [1.29, 1.82) is 0 Å². The molecule has 1 fully saturated rings. The van der Waals surface area contributed by atoms with Crippen LogP contribution in [0.5, 0.6) is 0 Å². The van der Waals surface area contributed by atoms with Crippen molar-refractivity contribution in [2.45, 2.75) is 39.8 Å². The first kappa shape index (κ1) is 11.5. The molecule has 0 aromatic carbocycles. The Morgan fingerprint density at radius 1 is 1.44 bits per heavy atom. The number of hydrogen-bond donors (Lipinski definition) is 1. The number of aliphatic hydroxyl groups excluding tert-OH is 1. The molecule has 0 aliphatic carbocycles. The van der Waals surface area contributed by atoms with E-state index in [4.69, 9.17) is 0 Å². The Morgan fingerprint density at radius 2 is 2.12 bits per heavy atom. The van der Waals surface area contributed by atoms with Crippen molar-refractivity contribution in [3.05, 3.63) is 11.3 Å². The van der Waals surface area contributed by atoms with Gasteiger partial charge in [-0.2, -0.15) is 5.10 Å². The molecule has 1 saturated heterocycles. The third-order valence-corrected chi connectivity index (χ3v) is 3.53. The highest BCUT2D eigenvalue weighted by Gasteiger charge is 2.30. The van der Waals surface area contributed by atoms with E-state index in [0.29, 0.717) is 6.04 Å². The number of aryl methyl sites for hydroxylation is 2. The molecule has 0 saturated carbocycles. The van der Waals surface area contributed by atoms with Crippen LogP contribution in [0.15, 0.2) is 0 Å². The molecule has 2 heterocycles. The second kappa shape index (κ2) is 4.09. The van der Waals surface area contributed by atoms with Gasteiger partial charge in [0.15, 0.2) is 0 Å². The lowest BCUT2D eigenvalue weighted by molar-refractivity contribution is 0.281. The first-order chi connectivity index (χ1) is 7.54. The summed E-state index contributed by atoms with van der Waals surface area (Å²) in [4.78, 5) is 2.37. The molecule has 4 nitrogen and oxygen atoms in total. The predicted molar refractivity (Wildman–Crippen MR) is 64.5 cm³/mol. The summed E-state index contributed by atoms with van der Waals surface area (Å²) in [5, 5.41) is 13.8. The van der Waals surface area contributed by atoms with E-state index in [1.54, 1.807) is 0 Å². The molecule has 4 heteroatoms. The van der Waals surface area contributed by atoms with Gasteiger partial charge in [-0.3, -0.25) is 4.68 Å². The Hall–Kier alpha value is -1.03. The van der Waals surface area contributed by atoms with Gasteiger partial charge >= 0.3 is 0 Å². The van der Waals surface area contributed by atoms with Gasteiger partial charge < -0.3 is 10.0 Å². The van der Waals surface area contributed by atoms with Crippen molar-refractivity contribution < 1.29 is 5.11 Å². The van der Waals surface area contributed by atoms with Gasteiger partial charge in [-0.15, -0.1) is 0 Å². The molecule has 16 heavy (non-hydrogen) atoms. The first-order valence-corrected chi connectivity index (χ1v) is 5.94. The Bertz CT molecular complexity index is 386. The molecule has 2 unspecified atom stereocenters. The lowest BCUT2D eigenvalue weighted by Crippen LogP contribution is -2.29. The molecule has 1 aliphatic heterocycles. The number of aliphatic hydroxyl groups is 1. The number of aromatic nitrogens is 2. The quantitative estimate of drug-likeness (QED) is 0.825. The third-order valence-electron chi connectivity index (χ3n) is 3.53. The van der Waals surface area contributed by atoms with E-state index in [9.17, 15) is 5.11 Å². The normalized spacial score (nSPS) is 25.4. The third kappa shape index (κ3) is 1.71. The molecular formula is C12H21N3O. The van der Waals surface area contributed by atoms with Crippen LogP contribution in [0.2, 0.25) is 0 Å². The highest BCUT2D eigenvalue weighted by atomic mass is 16.3. The Kier molecular flexibility index (Phi) is 2.93. The van der Waals surface area contributed by atoms with E-state index in [1.807, 2.05) is 18.7 Å². The van der Waals surface area contributed by atoms with Crippen molar-refractivity contribution >= 4 is 5.82 Å². The van der Waals surface area contributed by atoms with Crippen LogP contribution in [0.1, 0.15) is 31.5 Å². The molecular weight excluding hydrogens is 202 g/mol. The van der Waals surface area contributed by atoms with Gasteiger partial charge in [0.2, 0.25) is 0 Å². The molecule has 1 aliphatic rings. The minimum atomic E-state index is 0.0760. The standard InChI is InChI=1S/C12H21N3O/c1-8-5-9(2)15(6-8)12-11(7-16)10(3)13-14(12)4/h8-9,16H,5-7H2,1-4H3. The van der Waals surface area contributed by atoms with Crippen LogP contribution in [0, 0.1) is 12.8 Å². The summed E-state index contributed by atoms with van der Waals surface area (Å²) in [5.41, 5.74) is 1.91. The van der Waals surface area contributed by atoms with E-state index < -0.39 is 0 Å². The van der Waals surface area contributed by atoms with Gasteiger partial charge in [0, 0.05) is 25.2 Å². The van der Waals surface area contributed by atoms with Gasteiger partial charge in [-0.1, -0.05) is 6.92 Å². The molecule has 2 atom stereocenters. The van der Waals surface area contributed by atoms with E-state index in [2.05, 4.69) is 23.8 Å². The zero-order valence-electron chi connectivity index (χ0n) is 10.6. The summed E-state index contributed by atoms with van der Waals surface area (Å²) >= 11 is 0. The second-order valence-corrected chi connectivity index (χ2v) is 5.01. The minimum absolute atomic E-state index is 0.0760. The Balaban J connectivity index is 2.39. The maximum absolute atomic E-state index is 9.45. The SMILES string of the molecule is Cc1nn(C)c(N2CC(C)CC2C)c1CO. The van der Waals surface area contributed by atoms with Crippen LogP contribution in [0.3, 0.4) is 0 Å². The fourth-order valence-electron chi connectivity index (χ4n) is 2.83. The summed E-state index contributed by atoms with van der Waals surface area (Å²) in [7, 11) is 1.96. The van der Waals surface area contributed by atoms with Gasteiger partial charge in [0.25, 0.3) is 0 Å². The Morgan fingerprint density at radius 3 is 2.62 bits per heavy atom. The average Bonchev–Trinajstić information content (AvgIpc) is 2.66. The van der Waals surface area contributed by atoms with Gasteiger partial charge in [-0.25, -0.2) is 0 Å². The number of anilines is 1. The number of hydrogen-bond acceptors (Lipinski definition) is 3. The van der Waals surface area contributed by atoms with Crippen molar-refractivity contribution in [3.8, 4) is 0 Å². The van der Waals surface area contributed by atoms with Crippen molar-refractivity contribution in [3.63, 3.8) is 0 Å². The van der Waals surface area contributed by atoms with Gasteiger partial charge in [0.05, 0.1) is 12.3 Å². The molecule has 1 aromatic rings. The maximum Gasteiger partial charge on any atom is 0.132 e. The topological polar surface area (TPSA) is 41.3 Å². The van der Waals surface area contributed by atoms with Crippen LogP contribution in [0.25, 0.3) is 0 Å². The fraction of sp³-hybridized carbons (Fsp3) is 0.750. The molecule has 0 spiro atoms. The van der Waals surface area contributed by atoms with Crippen LogP contribution < -0.4 is 4.90 Å². The minimum Gasteiger partial charge on any atom is -0.391 e. The summed E-state index contributed by atoms with van der Waals surface area (Å²) in [6, 6.07) is 0.537. The number of rotatable bonds is 2. The van der Waals surface area contributed by atoms with E-state index in [0.717, 1.165) is 29.5 Å². The largest absolute Gasteiger partial charge is 0.391 e. The molecule has 1 N–H and O–H groups in total. The monoisotopic (exact) mass is 223 g/mol. The van der Waals surface area contributed by atoms with E-state index in [-0.39, 0.29) is 6.61 Å². The fourth-order valence-corrected chi connectivity index (χ4v) is 2.83. The van der Waals surface area contributed by atoms with Crippen molar-refractivity contribution in [2.24, 2.45) is 13.0 Å². The number of nitrogens with zero attached hydrogens (tertiary/aromatic N) is 3. The summed E-state index contributed by atoms with van der Waals surface area (Å²) in [6.45, 7) is 7.62. The molecule has 0 radical (unpaired) electrons. The van der Waals surface area contributed by atoms with E-state index in [1.165, 1.54) is 6.42 Å². The van der Waals surface area contributed by atoms with Gasteiger partial charge in [-0.05, 0) is 26.2 Å². The lowest BCUT2D eigenvalue weighted by atomic mass is 10.1. The molecule has 0 amide bonds. The molecule has 0 bridgehead atoms. The lowest BCUT2D eigenvalue weighted by Gasteiger charge is -2.24. The maximum atomic E-state index is 9.45. The predicted octanol–water partition coefficient (Wildman–Crippen LogP) is 1.46. The van der Waals surface area contributed by atoms with Crippen molar-refractivity contribution in [2.75, 3.05) is 11.4 Å². The summed E-state index contributed by atoms with van der Waals surface area (Å²) < 4.78 is 1.90. The van der Waals surface area contributed by atoms with Gasteiger partial charge in [0.1, 0.15) is 5.82 Å². The molecule has 2 rings (SSSR count). The highest BCUT2D eigenvalue weighted by molar-refractivity contribution is 5.51. The second-order valence-electron chi connectivity index (χ2n) is 5.01. The Labute approximate surface area is 96.9 Å². The average molecular weight is 223 g/mol. The van der Waals surface area contributed by atoms with Crippen LogP contribution in [-0.4, -0.2) is 27.5 Å². The van der Waals surface area contributed by atoms with Crippen molar-refractivity contribution in [1.82, 2.24) is 9.78 Å². The smallest absolute Gasteiger partial charge is 0.132 e. The molecule has 1 aromatic heterocycles.